The Morgan fingerprint density at radius 2 is 2.10 bits per heavy atom. The summed E-state index contributed by atoms with van der Waals surface area (Å²) in [6, 6.07) is 1.33. The fourth-order valence-electron chi connectivity index (χ4n) is 3.52. The number of hydrogen-bond donors (Lipinski definition) is 1. The molecule has 0 spiro atoms. The molecule has 31 heavy (non-hydrogen) atoms. The number of hydrogen-bond acceptors (Lipinski definition) is 6. The number of halogens is 3. The Morgan fingerprint density at radius 3 is 2.71 bits per heavy atom. The van der Waals surface area contributed by atoms with Gasteiger partial charge < -0.3 is 19.7 Å². The number of methoxy groups -OCH3 is 1. The van der Waals surface area contributed by atoms with Crippen molar-refractivity contribution in [2.24, 2.45) is 0 Å². The van der Waals surface area contributed by atoms with Crippen molar-refractivity contribution in [3.63, 3.8) is 0 Å². The first-order chi connectivity index (χ1) is 14.6. The van der Waals surface area contributed by atoms with Crippen LogP contribution in [0.25, 0.3) is 11.1 Å². The maximum atomic E-state index is 13.0. The van der Waals surface area contributed by atoms with Crippen LogP contribution in [0.5, 0.6) is 0 Å². The molecule has 0 unspecified atom stereocenters. The molecule has 1 amide bonds. The molecule has 3 heterocycles. The molecule has 3 rings (SSSR count). The molecule has 1 N–H and O–H groups in total. The van der Waals surface area contributed by atoms with Crippen LogP contribution in [0.3, 0.4) is 0 Å². The first-order valence-electron chi connectivity index (χ1n) is 9.83. The maximum absolute atomic E-state index is 13.0. The van der Waals surface area contributed by atoms with Crippen molar-refractivity contribution in [3.8, 4) is 11.1 Å². The molecule has 11 heteroatoms. The highest BCUT2D eigenvalue weighted by atomic mass is 35.5. The molecule has 2 atom stereocenters. The second kappa shape index (κ2) is 9.35. The van der Waals surface area contributed by atoms with Gasteiger partial charge in [0.15, 0.2) is 0 Å². The van der Waals surface area contributed by atoms with Crippen molar-refractivity contribution in [2.75, 3.05) is 25.1 Å². The molecule has 1 aliphatic heterocycles. The normalized spacial score (nSPS) is 19.5. The van der Waals surface area contributed by atoms with Crippen LogP contribution < -0.4 is 10.2 Å². The number of aromatic nitrogens is 3. The third kappa shape index (κ3) is 5.82. The molecule has 0 aliphatic carbocycles. The van der Waals surface area contributed by atoms with E-state index in [4.69, 9.17) is 21.1 Å². The van der Waals surface area contributed by atoms with E-state index in [0.717, 1.165) is 0 Å². The van der Waals surface area contributed by atoms with Crippen molar-refractivity contribution >= 4 is 23.4 Å². The second-order valence-corrected chi connectivity index (χ2v) is 8.66. The van der Waals surface area contributed by atoms with Gasteiger partial charge in [-0.15, -0.1) is 0 Å². The third-order valence-corrected chi connectivity index (χ3v) is 5.06. The van der Waals surface area contributed by atoms with Gasteiger partial charge in [-0.2, -0.15) is 13.9 Å². The zero-order valence-electron chi connectivity index (χ0n) is 17.8. The van der Waals surface area contributed by atoms with Crippen LogP contribution in [0.2, 0.25) is 5.15 Å². The molecule has 0 saturated carbocycles. The summed E-state index contributed by atoms with van der Waals surface area (Å²) in [7, 11) is 1.59. The number of pyridine rings is 1. The van der Waals surface area contributed by atoms with Crippen LogP contribution in [-0.4, -0.2) is 58.8 Å². The number of rotatable bonds is 5. The average Bonchev–Trinajstić information content (AvgIpc) is 3.16. The predicted octanol–water partition coefficient (Wildman–Crippen LogP) is 4.11. The van der Waals surface area contributed by atoms with E-state index >= 15 is 0 Å². The second-order valence-electron chi connectivity index (χ2n) is 8.27. The first kappa shape index (κ1) is 23.2. The molecule has 2 aromatic rings. The molecule has 1 fully saturated rings. The lowest BCUT2D eigenvalue weighted by Crippen LogP contribution is -2.56. The Hall–Kier alpha value is -2.46. The van der Waals surface area contributed by atoms with Gasteiger partial charge in [0.1, 0.15) is 10.8 Å². The molecule has 0 radical (unpaired) electrons. The number of alkyl carbamates (subject to hydrolysis) is 1. The monoisotopic (exact) mass is 457 g/mol. The molecular formula is C20H26ClF2N5O3. The minimum atomic E-state index is -2.74. The summed E-state index contributed by atoms with van der Waals surface area (Å²) in [6.45, 7) is 3.65. The molecule has 2 aromatic heterocycles. The van der Waals surface area contributed by atoms with Gasteiger partial charge in [-0.25, -0.2) is 14.5 Å². The van der Waals surface area contributed by atoms with Crippen LogP contribution in [0.4, 0.5) is 19.3 Å². The smallest absolute Gasteiger partial charge is 0.408 e. The summed E-state index contributed by atoms with van der Waals surface area (Å²) in [5.41, 5.74) is 1.19. The van der Waals surface area contributed by atoms with E-state index in [1.807, 2.05) is 4.90 Å². The lowest BCUT2D eigenvalue weighted by Gasteiger charge is -2.40. The standard InChI is InChI=1S/C20H26ClF2N5O3/c1-20(2,3)31-19(29)26-14-11-27(6-5-16(14)30-4)15-7-17(21)24-9-13(15)12-8-25-28(10-12)18(22)23/h7-10,14,16,18H,5-6,11H2,1-4H3,(H,26,29)/t14-,16-/m1/s1. The van der Waals surface area contributed by atoms with Crippen LogP contribution in [-0.2, 0) is 9.47 Å². The number of amides is 1. The number of carbonyl (C=O) groups excluding carboxylic acids is 1. The molecule has 0 bridgehead atoms. The van der Waals surface area contributed by atoms with Gasteiger partial charge >= 0.3 is 12.6 Å². The summed E-state index contributed by atoms with van der Waals surface area (Å²) in [4.78, 5) is 18.4. The van der Waals surface area contributed by atoms with E-state index in [1.54, 1.807) is 33.9 Å². The van der Waals surface area contributed by atoms with Crippen LogP contribution in [0.15, 0.2) is 24.7 Å². The molecular weight excluding hydrogens is 432 g/mol. The highest BCUT2D eigenvalue weighted by Crippen LogP contribution is 2.34. The molecule has 8 nitrogen and oxygen atoms in total. The van der Waals surface area contributed by atoms with Gasteiger partial charge in [0.2, 0.25) is 0 Å². The van der Waals surface area contributed by atoms with Gasteiger partial charge in [-0.05, 0) is 33.3 Å². The summed E-state index contributed by atoms with van der Waals surface area (Å²) in [6.07, 6.45) is 4.05. The van der Waals surface area contributed by atoms with Crippen molar-refractivity contribution in [3.05, 3.63) is 29.8 Å². The van der Waals surface area contributed by atoms with Gasteiger partial charge in [0.25, 0.3) is 0 Å². The zero-order valence-corrected chi connectivity index (χ0v) is 18.6. The van der Waals surface area contributed by atoms with Crippen molar-refractivity contribution in [1.82, 2.24) is 20.1 Å². The summed E-state index contributed by atoms with van der Waals surface area (Å²) >= 11 is 6.14. The van der Waals surface area contributed by atoms with Gasteiger partial charge in [-0.3, -0.25) is 0 Å². The Kier molecular flexibility index (Phi) is 7.00. The Balaban J connectivity index is 1.86. The fraction of sp³-hybridized carbons (Fsp3) is 0.550. The van der Waals surface area contributed by atoms with Crippen LogP contribution in [0.1, 0.15) is 33.7 Å². The lowest BCUT2D eigenvalue weighted by atomic mass is 9.99. The van der Waals surface area contributed by atoms with Crippen molar-refractivity contribution < 1.29 is 23.0 Å². The van der Waals surface area contributed by atoms with E-state index in [9.17, 15) is 13.6 Å². The van der Waals surface area contributed by atoms with Crippen molar-refractivity contribution in [1.29, 1.82) is 0 Å². The number of carbonyl (C=O) groups is 1. The van der Waals surface area contributed by atoms with E-state index in [1.165, 1.54) is 18.6 Å². The number of nitrogens with one attached hydrogen (secondary N) is 1. The lowest BCUT2D eigenvalue weighted by molar-refractivity contribution is 0.0281. The Bertz CT molecular complexity index is 918. The minimum Gasteiger partial charge on any atom is -0.444 e. The largest absolute Gasteiger partial charge is 0.444 e. The number of ether oxygens (including phenoxy) is 2. The zero-order chi connectivity index (χ0) is 22.8. The van der Waals surface area contributed by atoms with Crippen LogP contribution in [0, 0.1) is 0 Å². The van der Waals surface area contributed by atoms with Gasteiger partial charge in [0.05, 0.1) is 18.3 Å². The minimum absolute atomic E-state index is 0.203. The van der Waals surface area contributed by atoms with E-state index in [0.29, 0.717) is 41.0 Å². The quantitative estimate of drug-likeness (QED) is 0.680. The summed E-state index contributed by atoms with van der Waals surface area (Å²) < 4.78 is 37.5. The number of alkyl halides is 2. The summed E-state index contributed by atoms with van der Waals surface area (Å²) in [5, 5.41) is 6.85. The number of piperidine rings is 1. The van der Waals surface area contributed by atoms with Gasteiger partial charge in [-0.1, -0.05) is 11.6 Å². The highest BCUT2D eigenvalue weighted by Gasteiger charge is 2.33. The molecule has 1 aliphatic rings. The Morgan fingerprint density at radius 1 is 1.35 bits per heavy atom. The molecule has 1 saturated heterocycles. The highest BCUT2D eigenvalue weighted by molar-refractivity contribution is 6.29. The number of anilines is 1. The van der Waals surface area contributed by atoms with E-state index in [2.05, 4.69) is 15.4 Å². The third-order valence-electron chi connectivity index (χ3n) is 4.86. The predicted molar refractivity (Wildman–Crippen MR) is 113 cm³/mol. The van der Waals surface area contributed by atoms with Crippen molar-refractivity contribution in [2.45, 2.75) is 51.5 Å². The summed E-state index contributed by atoms with van der Waals surface area (Å²) in [5.74, 6) is 0. The van der Waals surface area contributed by atoms with Crippen LogP contribution >= 0.6 is 11.6 Å². The maximum Gasteiger partial charge on any atom is 0.408 e. The van der Waals surface area contributed by atoms with Gasteiger partial charge in [0, 0.05) is 49.4 Å². The van der Waals surface area contributed by atoms with E-state index < -0.39 is 18.2 Å². The molecule has 0 aromatic carbocycles. The van der Waals surface area contributed by atoms with E-state index in [-0.39, 0.29) is 17.3 Å². The average molecular weight is 458 g/mol. The first-order valence-corrected chi connectivity index (χ1v) is 10.2. The Labute approximate surface area is 184 Å². The fourth-order valence-corrected chi connectivity index (χ4v) is 3.67. The topological polar surface area (TPSA) is 81.5 Å². The number of nitrogens with zero attached hydrogens (tertiary/aromatic N) is 4. The molecule has 170 valence electrons. The SMILES string of the molecule is CO[C@@H]1CCN(c2cc(Cl)ncc2-c2cnn(C(F)F)c2)C[C@H]1NC(=O)OC(C)(C)C.